The summed E-state index contributed by atoms with van der Waals surface area (Å²) in [5.74, 6) is 0.640. The smallest absolute Gasteiger partial charge is 0.255 e. The van der Waals surface area contributed by atoms with Crippen LogP contribution in [0.25, 0.3) is 0 Å². The first kappa shape index (κ1) is 15.3. The zero-order valence-electron chi connectivity index (χ0n) is 13.0. The lowest BCUT2D eigenvalue weighted by Crippen LogP contribution is -2.36. The Hall–Kier alpha value is -1.62. The normalized spacial score (nSPS) is 22.5. The zero-order chi connectivity index (χ0) is 15.2. The largest absolute Gasteiger partial charge is 0.376 e. The number of carbonyl (C=O) groups is 1. The maximum atomic E-state index is 12.5. The summed E-state index contributed by atoms with van der Waals surface area (Å²) in [6.45, 7) is 1.55. The van der Waals surface area contributed by atoms with Crippen molar-refractivity contribution in [2.75, 3.05) is 18.5 Å². The third-order valence-corrected chi connectivity index (χ3v) is 4.51. The lowest BCUT2D eigenvalue weighted by Gasteiger charge is -2.23. The van der Waals surface area contributed by atoms with E-state index in [9.17, 15) is 4.79 Å². The van der Waals surface area contributed by atoms with Crippen molar-refractivity contribution in [2.45, 2.75) is 57.1 Å². The van der Waals surface area contributed by atoms with Gasteiger partial charge < -0.3 is 15.4 Å². The van der Waals surface area contributed by atoms with Gasteiger partial charge in [-0.1, -0.05) is 19.3 Å². The van der Waals surface area contributed by atoms with Crippen LogP contribution >= 0.6 is 0 Å². The van der Waals surface area contributed by atoms with Crippen LogP contribution in [-0.2, 0) is 4.74 Å². The van der Waals surface area contributed by atoms with Gasteiger partial charge in [0.1, 0.15) is 5.82 Å². The van der Waals surface area contributed by atoms with E-state index in [0.717, 1.165) is 32.3 Å². The van der Waals surface area contributed by atoms with Gasteiger partial charge in [-0.2, -0.15) is 0 Å². The Kier molecular flexibility index (Phi) is 5.27. The van der Waals surface area contributed by atoms with E-state index in [1.165, 1.54) is 19.3 Å². The Labute approximate surface area is 131 Å². The van der Waals surface area contributed by atoms with Gasteiger partial charge in [-0.05, 0) is 37.8 Å². The van der Waals surface area contributed by atoms with Gasteiger partial charge >= 0.3 is 0 Å². The number of aromatic nitrogens is 1. The lowest BCUT2D eigenvalue weighted by atomic mass is 9.95. The monoisotopic (exact) mass is 303 g/mol. The van der Waals surface area contributed by atoms with Crippen molar-refractivity contribution >= 4 is 11.7 Å². The standard InChI is InChI=1S/C17H25N3O2/c21-17(20-13-6-2-1-3-7-13)15-9-4-10-18-16(15)19-12-14-8-5-11-22-14/h4,9-10,13-14H,1-3,5-8,11-12H2,(H,18,19)(H,20,21). The molecule has 0 spiro atoms. The third-order valence-electron chi connectivity index (χ3n) is 4.51. The molecule has 1 atom stereocenters. The molecule has 0 aromatic carbocycles. The number of pyridine rings is 1. The van der Waals surface area contributed by atoms with Crippen LogP contribution in [0.15, 0.2) is 18.3 Å². The predicted molar refractivity (Wildman–Crippen MR) is 86.0 cm³/mol. The minimum atomic E-state index is -0.0187. The Morgan fingerprint density at radius 2 is 2.09 bits per heavy atom. The average molecular weight is 303 g/mol. The number of hydrogen-bond acceptors (Lipinski definition) is 4. The second-order valence-electron chi connectivity index (χ2n) is 6.22. The molecule has 1 aliphatic heterocycles. The predicted octanol–water partition coefficient (Wildman–Crippen LogP) is 2.74. The molecule has 1 amide bonds. The molecule has 2 fully saturated rings. The molecular formula is C17H25N3O2. The molecule has 22 heavy (non-hydrogen) atoms. The van der Waals surface area contributed by atoms with Crippen molar-refractivity contribution in [3.8, 4) is 0 Å². The van der Waals surface area contributed by atoms with Crippen LogP contribution in [0.1, 0.15) is 55.3 Å². The Morgan fingerprint density at radius 3 is 2.86 bits per heavy atom. The first-order chi connectivity index (χ1) is 10.8. The number of hydrogen-bond donors (Lipinski definition) is 2. The number of ether oxygens (including phenoxy) is 1. The average Bonchev–Trinajstić information content (AvgIpc) is 3.07. The molecule has 5 nitrogen and oxygen atoms in total. The van der Waals surface area contributed by atoms with E-state index in [4.69, 9.17) is 4.74 Å². The number of rotatable bonds is 5. The van der Waals surface area contributed by atoms with Crippen molar-refractivity contribution in [1.29, 1.82) is 0 Å². The molecule has 2 N–H and O–H groups in total. The SMILES string of the molecule is O=C(NC1CCCCC1)c1cccnc1NCC1CCCO1. The highest BCUT2D eigenvalue weighted by Gasteiger charge is 2.20. The molecule has 1 aromatic heterocycles. The maximum absolute atomic E-state index is 12.5. The number of carbonyl (C=O) groups excluding carboxylic acids is 1. The summed E-state index contributed by atoms with van der Waals surface area (Å²) >= 11 is 0. The number of amides is 1. The Balaban J connectivity index is 1.60. The van der Waals surface area contributed by atoms with E-state index in [2.05, 4.69) is 15.6 Å². The fraction of sp³-hybridized carbons (Fsp3) is 0.647. The van der Waals surface area contributed by atoms with Gasteiger partial charge in [-0.15, -0.1) is 0 Å². The van der Waals surface area contributed by atoms with Gasteiger partial charge in [0.15, 0.2) is 0 Å². The highest BCUT2D eigenvalue weighted by molar-refractivity contribution is 5.98. The molecule has 120 valence electrons. The van der Waals surface area contributed by atoms with E-state index in [1.54, 1.807) is 6.20 Å². The van der Waals surface area contributed by atoms with Crippen LogP contribution in [0, 0.1) is 0 Å². The summed E-state index contributed by atoms with van der Waals surface area (Å²) in [6.07, 6.45) is 10.0. The van der Waals surface area contributed by atoms with Crippen LogP contribution < -0.4 is 10.6 Å². The summed E-state index contributed by atoms with van der Waals surface area (Å²) in [6, 6.07) is 3.96. The summed E-state index contributed by atoms with van der Waals surface area (Å²) in [7, 11) is 0. The highest BCUT2D eigenvalue weighted by atomic mass is 16.5. The highest BCUT2D eigenvalue weighted by Crippen LogP contribution is 2.19. The van der Waals surface area contributed by atoms with Crippen molar-refractivity contribution in [2.24, 2.45) is 0 Å². The molecule has 1 aliphatic carbocycles. The van der Waals surface area contributed by atoms with E-state index in [-0.39, 0.29) is 12.0 Å². The Morgan fingerprint density at radius 1 is 1.23 bits per heavy atom. The van der Waals surface area contributed by atoms with Crippen LogP contribution in [0.4, 0.5) is 5.82 Å². The molecule has 1 unspecified atom stereocenters. The summed E-state index contributed by atoms with van der Waals surface area (Å²) in [5.41, 5.74) is 0.631. The molecule has 1 saturated carbocycles. The maximum Gasteiger partial charge on any atom is 0.255 e. The Bertz CT molecular complexity index is 494. The van der Waals surface area contributed by atoms with E-state index in [0.29, 0.717) is 24.0 Å². The number of nitrogens with zero attached hydrogens (tertiary/aromatic N) is 1. The first-order valence-electron chi connectivity index (χ1n) is 8.44. The van der Waals surface area contributed by atoms with Gasteiger partial charge in [0.05, 0.1) is 11.7 Å². The molecule has 2 heterocycles. The van der Waals surface area contributed by atoms with Crippen molar-refractivity contribution in [1.82, 2.24) is 10.3 Å². The van der Waals surface area contributed by atoms with Crippen LogP contribution in [0.5, 0.6) is 0 Å². The summed E-state index contributed by atoms with van der Waals surface area (Å²) in [4.78, 5) is 16.8. The van der Waals surface area contributed by atoms with Gasteiger partial charge in [-0.3, -0.25) is 4.79 Å². The second kappa shape index (κ2) is 7.58. The molecule has 0 radical (unpaired) electrons. The lowest BCUT2D eigenvalue weighted by molar-refractivity contribution is 0.0927. The quantitative estimate of drug-likeness (QED) is 0.878. The fourth-order valence-electron chi connectivity index (χ4n) is 3.26. The van der Waals surface area contributed by atoms with Crippen LogP contribution in [-0.4, -0.2) is 36.2 Å². The second-order valence-corrected chi connectivity index (χ2v) is 6.22. The van der Waals surface area contributed by atoms with Crippen molar-refractivity contribution in [3.63, 3.8) is 0 Å². The van der Waals surface area contributed by atoms with Gasteiger partial charge in [0.2, 0.25) is 0 Å². The molecule has 1 aromatic rings. The zero-order valence-corrected chi connectivity index (χ0v) is 13.0. The number of anilines is 1. The van der Waals surface area contributed by atoms with Crippen LogP contribution in [0.3, 0.4) is 0 Å². The minimum absolute atomic E-state index is 0.0187. The third kappa shape index (κ3) is 3.97. The molecule has 1 saturated heterocycles. The van der Waals surface area contributed by atoms with Gasteiger partial charge in [-0.25, -0.2) is 4.98 Å². The van der Waals surface area contributed by atoms with E-state index >= 15 is 0 Å². The fourth-order valence-corrected chi connectivity index (χ4v) is 3.26. The summed E-state index contributed by atoms with van der Waals surface area (Å²) in [5, 5.41) is 6.43. The molecule has 5 heteroatoms. The first-order valence-corrected chi connectivity index (χ1v) is 8.44. The molecule has 0 bridgehead atoms. The number of nitrogens with one attached hydrogen (secondary N) is 2. The summed E-state index contributed by atoms with van der Waals surface area (Å²) < 4.78 is 5.61. The minimum Gasteiger partial charge on any atom is -0.376 e. The van der Waals surface area contributed by atoms with Gasteiger partial charge in [0.25, 0.3) is 5.91 Å². The topological polar surface area (TPSA) is 63.2 Å². The van der Waals surface area contributed by atoms with E-state index in [1.807, 2.05) is 12.1 Å². The molecular weight excluding hydrogens is 278 g/mol. The van der Waals surface area contributed by atoms with E-state index < -0.39 is 0 Å². The molecule has 2 aliphatic rings. The van der Waals surface area contributed by atoms with Crippen molar-refractivity contribution < 1.29 is 9.53 Å². The van der Waals surface area contributed by atoms with Crippen molar-refractivity contribution in [3.05, 3.63) is 23.9 Å². The van der Waals surface area contributed by atoms with Crippen LogP contribution in [0.2, 0.25) is 0 Å². The molecule has 3 rings (SSSR count). The van der Waals surface area contributed by atoms with Gasteiger partial charge in [0, 0.05) is 25.4 Å².